The first-order chi connectivity index (χ1) is 10.7. The van der Waals surface area contributed by atoms with Crippen molar-refractivity contribution in [2.75, 3.05) is 14.2 Å². The zero-order valence-electron chi connectivity index (χ0n) is 12.4. The molecule has 0 heterocycles. The van der Waals surface area contributed by atoms with Crippen LogP contribution in [0, 0.1) is 41.4 Å². The predicted octanol–water partition coefficient (Wildman–Crippen LogP) is 3.22. The van der Waals surface area contributed by atoms with Crippen molar-refractivity contribution in [1.29, 1.82) is 0 Å². The fourth-order valence-electron chi connectivity index (χ4n) is 4.71. The van der Waals surface area contributed by atoms with Gasteiger partial charge in [0.15, 0.2) is 3.79 Å². The third-order valence-electron chi connectivity index (χ3n) is 5.56. The van der Waals surface area contributed by atoms with E-state index in [2.05, 4.69) is 0 Å². The third-order valence-corrected chi connectivity index (χ3v) is 6.87. The van der Waals surface area contributed by atoms with Gasteiger partial charge in [0.1, 0.15) is 0 Å². The fourth-order valence-corrected chi connectivity index (χ4v) is 6.44. The predicted molar refractivity (Wildman–Crippen MR) is 87.5 cm³/mol. The zero-order valence-corrected chi connectivity index (χ0v) is 15.4. The molecular weight excluding hydrogens is 386 g/mol. The van der Waals surface area contributed by atoms with Crippen LogP contribution in [0.25, 0.3) is 0 Å². The van der Waals surface area contributed by atoms with Crippen LogP contribution in [-0.2, 0) is 19.1 Å². The lowest BCUT2D eigenvalue weighted by Crippen LogP contribution is -2.67. The van der Waals surface area contributed by atoms with Crippen molar-refractivity contribution in [1.82, 2.24) is 0 Å². The molecule has 0 aromatic carbocycles. The minimum atomic E-state index is -1.51. The Balaban J connectivity index is 2.01. The van der Waals surface area contributed by atoms with E-state index >= 15 is 0 Å². The number of halogens is 4. The van der Waals surface area contributed by atoms with Gasteiger partial charge < -0.3 is 9.47 Å². The summed E-state index contributed by atoms with van der Waals surface area (Å²) in [6, 6.07) is 0. The van der Waals surface area contributed by atoms with Gasteiger partial charge in [-0.05, 0) is 23.7 Å². The molecule has 2 fully saturated rings. The van der Waals surface area contributed by atoms with E-state index < -0.39 is 27.6 Å². The summed E-state index contributed by atoms with van der Waals surface area (Å²) in [5.74, 6) is -3.04. The highest BCUT2D eigenvalue weighted by atomic mass is 35.6. The average Bonchev–Trinajstić information content (AvgIpc) is 2.49. The van der Waals surface area contributed by atoms with E-state index in [1.165, 1.54) is 14.2 Å². The molecule has 4 aliphatic carbocycles. The molecule has 8 atom stereocenters. The number of rotatable bonds is 2. The van der Waals surface area contributed by atoms with Crippen LogP contribution in [0.15, 0.2) is 12.2 Å². The van der Waals surface area contributed by atoms with E-state index in [4.69, 9.17) is 55.9 Å². The van der Waals surface area contributed by atoms with Crippen LogP contribution in [0.5, 0.6) is 0 Å². The Morgan fingerprint density at radius 1 is 0.913 bits per heavy atom. The van der Waals surface area contributed by atoms with Crippen molar-refractivity contribution in [3.63, 3.8) is 0 Å². The number of carbonyl (C=O) groups excluding carboxylic acids is 2. The van der Waals surface area contributed by atoms with E-state index in [0.717, 1.165) is 0 Å². The van der Waals surface area contributed by atoms with Crippen LogP contribution >= 0.6 is 46.4 Å². The highest BCUT2D eigenvalue weighted by Gasteiger charge is 2.69. The Kier molecular flexibility index (Phi) is 4.59. The first-order valence-corrected chi connectivity index (χ1v) is 8.85. The van der Waals surface area contributed by atoms with Gasteiger partial charge in [0.25, 0.3) is 0 Å². The number of hydrogen-bond donors (Lipinski definition) is 0. The molecule has 0 radical (unpaired) electrons. The van der Waals surface area contributed by atoms with E-state index in [0.29, 0.717) is 0 Å². The van der Waals surface area contributed by atoms with Crippen LogP contribution in [-0.4, -0.2) is 35.3 Å². The molecule has 8 heteroatoms. The third kappa shape index (κ3) is 2.48. The molecule has 2 saturated carbocycles. The Morgan fingerprint density at radius 2 is 1.35 bits per heavy atom. The second-order valence-corrected chi connectivity index (χ2v) is 9.18. The van der Waals surface area contributed by atoms with Gasteiger partial charge >= 0.3 is 11.9 Å². The molecular formula is C15H16Cl4O4. The number of ether oxygens (including phenoxy) is 2. The van der Waals surface area contributed by atoms with E-state index in [9.17, 15) is 9.59 Å². The van der Waals surface area contributed by atoms with Gasteiger partial charge in [0.2, 0.25) is 0 Å². The molecule has 128 valence electrons. The average molecular weight is 402 g/mol. The maximum absolute atomic E-state index is 12.3. The maximum Gasteiger partial charge on any atom is 0.310 e. The maximum atomic E-state index is 12.3. The van der Waals surface area contributed by atoms with Gasteiger partial charge in [-0.1, -0.05) is 47.0 Å². The fraction of sp³-hybridized carbons (Fsp3) is 0.733. The van der Waals surface area contributed by atoms with Crippen LogP contribution in [0.3, 0.4) is 0 Å². The number of hydrogen-bond acceptors (Lipinski definition) is 4. The smallest absolute Gasteiger partial charge is 0.310 e. The lowest BCUT2D eigenvalue weighted by molar-refractivity contribution is -0.178. The Labute approximate surface area is 154 Å². The molecule has 2 bridgehead atoms. The van der Waals surface area contributed by atoms with Crippen LogP contribution in [0.1, 0.15) is 0 Å². The highest BCUT2D eigenvalue weighted by molar-refractivity contribution is 6.68. The molecule has 0 saturated heterocycles. The summed E-state index contributed by atoms with van der Waals surface area (Å²) in [4.78, 5) is 24.6. The first-order valence-electron chi connectivity index (χ1n) is 7.28. The van der Waals surface area contributed by atoms with Gasteiger partial charge in [-0.2, -0.15) is 0 Å². The summed E-state index contributed by atoms with van der Waals surface area (Å²) in [7, 11) is 2.61. The largest absolute Gasteiger partial charge is 0.469 e. The van der Waals surface area contributed by atoms with Gasteiger partial charge in [0.05, 0.1) is 26.1 Å². The molecule has 0 amide bonds. The summed E-state index contributed by atoms with van der Waals surface area (Å²) >= 11 is 24.8. The molecule has 0 aliphatic heterocycles. The van der Waals surface area contributed by atoms with Gasteiger partial charge in [-0.15, -0.1) is 11.6 Å². The molecule has 23 heavy (non-hydrogen) atoms. The molecule has 0 spiro atoms. The standard InChI is InChI=1S/C15H16Cl4O4/c1-22-13(20)9-5-3-4-6(10(9)14(21)23-2)8-7(5)11(12(8)16)15(17,18)19/h3-12H,1-2H3/t5-,6-,7-,8-,9-,10+,11+,12-/m1/s1. The number of esters is 2. The molecule has 0 N–H and O–H groups in total. The van der Waals surface area contributed by atoms with Gasteiger partial charge in [-0.25, -0.2) is 0 Å². The van der Waals surface area contributed by atoms with Crippen LogP contribution < -0.4 is 0 Å². The van der Waals surface area contributed by atoms with Crippen LogP contribution in [0.2, 0.25) is 0 Å². The molecule has 4 rings (SSSR count). The number of alkyl halides is 4. The second-order valence-electron chi connectivity index (χ2n) is 6.30. The number of methoxy groups -OCH3 is 2. The Bertz CT molecular complexity index is 558. The summed E-state index contributed by atoms with van der Waals surface area (Å²) < 4.78 is 8.30. The van der Waals surface area contributed by atoms with Crippen molar-refractivity contribution >= 4 is 58.3 Å². The minimum Gasteiger partial charge on any atom is -0.469 e. The van der Waals surface area contributed by atoms with E-state index in [-0.39, 0.29) is 35.0 Å². The van der Waals surface area contributed by atoms with Crippen molar-refractivity contribution in [3.05, 3.63) is 12.2 Å². The molecule has 0 aromatic heterocycles. The van der Waals surface area contributed by atoms with Crippen molar-refractivity contribution < 1.29 is 19.1 Å². The first kappa shape index (κ1) is 17.7. The summed E-state index contributed by atoms with van der Waals surface area (Å²) in [5, 5.41) is -0.365. The van der Waals surface area contributed by atoms with Gasteiger partial charge in [-0.3, -0.25) is 9.59 Å². The number of allylic oxidation sites excluding steroid dienone is 2. The molecule has 4 aliphatic rings. The van der Waals surface area contributed by atoms with E-state index in [1.807, 2.05) is 12.2 Å². The lowest BCUT2D eigenvalue weighted by atomic mass is 9.43. The molecule has 0 aromatic rings. The Hall–Kier alpha value is -0.160. The monoisotopic (exact) mass is 400 g/mol. The number of fused-ring (bicyclic) bond motifs is 1. The number of carbonyl (C=O) groups is 2. The Morgan fingerprint density at radius 3 is 1.74 bits per heavy atom. The van der Waals surface area contributed by atoms with E-state index in [1.54, 1.807) is 0 Å². The summed E-state index contributed by atoms with van der Waals surface area (Å²) in [5.41, 5.74) is 0. The summed E-state index contributed by atoms with van der Waals surface area (Å²) in [6.07, 6.45) is 3.87. The van der Waals surface area contributed by atoms with Crippen molar-refractivity contribution in [2.45, 2.75) is 9.17 Å². The minimum absolute atomic E-state index is 0.0164. The van der Waals surface area contributed by atoms with Crippen LogP contribution in [0.4, 0.5) is 0 Å². The normalized spacial score (nSPS) is 44.3. The lowest BCUT2D eigenvalue weighted by Gasteiger charge is -2.64. The SMILES string of the molecule is COC(=O)[C@@H]1[C@@H]2C=C[C@@H]([C@@H]1C(=O)OC)[C@H]1[C@@H](Cl)[C@@H](C(Cl)(Cl)Cl)[C@H]21. The second kappa shape index (κ2) is 5.98. The van der Waals surface area contributed by atoms with Crippen molar-refractivity contribution in [3.8, 4) is 0 Å². The van der Waals surface area contributed by atoms with Gasteiger partial charge in [0, 0.05) is 11.3 Å². The topological polar surface area (TPSA) is 52.6 Å². The highest BCUT2D eigenvalue weighted by Crippen LogP contribution is 2.67. The zero-order chi connectivity index (χ0) is 17.1. The quantitative estimate of drug-likeness (QED) is 0.405. The van der Waals surface area contributed by atoms with Crippen molar-refractivity contribution in [2.24, 2.45) is 41.4 Å². The molecule has 0 unspecified atom stereocenters. The molecule has 4 nitrogen and oxygen atoms in total. The summed E-state index contributed by atoms with van der Waals surface area (Å²) in [6.45, 7) is 0.